The molecule has 5 nitrogen and oxygen atoms in total. The van der Waals surface area contributed by atoms with E-state index in [1.165, 1.54) is 17.0 Å². The topological polar surface area (TPSA) is 58.6 Å². The van der Waals surface area contributed by atoms with E-state index in [2.05, 4.69) is 5.32 Å². The summed E-state index contributed by atoms with van der Waals surface area (Å²) in [6.45, 7) is 5.50. The number of ether oxygens (including phenoxy) is 1. The van der Waals surface area contributed by atoms with Crippen LogP contribution in [0.1, 0.15) is 31.4 Å². The molecule has 0 bridgehead atoms. The van der Waals surface area contributed by atoms with Gasteiger partial charge in [0, 0.05) is 31.3 Å². The normalized spacial score (nSPS) is 11.7. The van der Waals surface area contributed by atoms with Gasteiger partial charge in [0.25, 0.3) is 0 Å². The third-order valence-electron chi connectivity index (χ3n) is 4.67. The van der Waals surface area contributed by atoms with E-state index in [-0.39, 0.29) is 30.6 Å². The smallest absolute Gasteiger partial charge is 0.242 e. The van der Waals surface area contributed by atoms with Gasteiger partial charge in [0.15, 0.2) is 0 Å². The van der Waals surface area contributed by atoms with Crippen LogP contribution in [0.15, 0.2) is 48.5 Å². The summed E-state index contributed by atoms with van der Waals surface area (Å²) in [5, 5.41) is 3.44. The molecule has 2 aromatic rings. The number of nitrogens with one attached hydrogen (secondary N) is 1. The summed E-state index contributed by atoms with van der Waals surface area (Å²) < 4.78 is 18.5. The number of hydrogen-bond donors (Lipinski definition) is 1. The van der Waals surface area contributed by atoms with Gasteiger partial charge in [-0.25, -0.2) is 4.39 Å². The van der Waals surface area contributed by atoms with E-state index in [0.717, 1.165) is 11.1 Å². The van der Waals surface area contributed by atoms with Gasteiger partial charge < -0.3 is 15.0 Å². The van der Waals surface area contributed by atoms with Gasteiger partial charge in [0.05, 0.1) is 6.42 Å². The molecule has 0 aliphatic heterocycles. The van der Waals surface area contributed by atoms with Crippen LogP contribution in [0.25, 0.3) is 0 Å². The van der Waals surface area contributed by atoms with Crippen LogP contribution in [0.4, 0.5) is 4.39 Å². The number of benzene rings is 2. The second-order valence-electron chi connectivity index (χ2n) is 6.97. The van der Waals surface area contributed by atoms with E-state index in [9.17, 15) is 14.0 Å². The molecule has 30 heavy (non-hydrogen) atoms. The van der Waals surface area contributed by atoms with E-state index in [4.69, 9.17) is 16.3 Å². The summed E-state index contributed by atoms with van der Waals surface area (Å²) in [7, 11) is 0. The molecule has 0 heterocycles. The molecular formula is C23H28ClFN2O3. The van der Waals surface area contributed by atoms with Crippen molar-refractivity contribution in [2.24, 2.45) is 0 Å². The fraction of sp³-hybridized carbons (Fsp3) is 0.391. The molecule has 162 valence electrons. The van der Waals surface area contributed by atoms with Crippen molar-refractivity contribution >= 4 is 23.4 Å². The van der Waals surface area contributed by atoms with Crippen LogP contribution in [0.5, 0.6) is 0 Å². The second-order valence-corrected chi connectivity index (χ2v) is 7.41. The molecule has 0 spiro atoms. The Labute approximate surface area is 182 Å². The highest BCUT2D eigenvalue weighted by molar-refractivity contribution is 6.30. The molecule has 7 heteroatoms. The Morgan fingerprint density at radius 1 is 1.10 bits per heavy atom. The van der Waals surface area contributed by atoms with Crippen LogP contribution in [-0.4, -0.2) is 42.5 Å². The van der Waals surface area contributed by atoms with Gasteiger partial charge in [-0.3, -0.25) is 9.59 Å². The Kier molecular flexibility index (Phi) is 9.77. The third-order valence-corrected chi connectivity index (χ3v) is 4.92. The summed E-state index contributed by atoms with van der Waals surface area (Å²) in [6.07, 6.45) is 0.837. The number of amides is 2. The lowest BCUT2D eigenvalue weighted by Crippen LogP contribution is -2.48. The molecule has 0 aliphatic rings. The minimum absolute atomic E-state index is 0.139. The van der Waals surface area contributed by atoms with Gasteiger partial charge >= 0.3 is 0 Å². The molecule has 0 saturated carbocycles. The standard InChI is InChI=1S/C23H28ClFN2O3/c1-3-30-14-4-13-26-23(29)17(2)27(16-19-7-11-21(25)12-8-19)22(28)15-18-5-9-20(24)10-6-18/h5-12,17H,3-4,13-16H2,1-2H3,(H,26,29). The van der Waals surface area contributed by atoms with Crippen LogP contribution in [-0.2, 0) is 27.3 Å². The quantitative estimate of drug-likeness (QED) is 0.544. The summed E-state index contributed by atoms with van der Waals surface area (Å²) >= 11 is 5.92. The van der Waals surface area contributed by atoms with Crippen LogP contribution < -0.4 is 5.32 Å². The van der Waals surface area contributed by atoms with Crippen molar-refractivity contribution in [1.29, 1.82) is 0 Å². The average molecular weight is 435 g/mol. The second kappa shape index (κ2) is 12.3. The van der Waals surface area contributed by atoms with Crippen molar-refractivity contribution in [3.8, 4) is 0 Å². The zero-order valence-corrected chi connectivity index (χ0v) is 18.1. The van der Waals surface area contributed by atoms with Crippen molar-refractivity contribution in [3.05, 3.63) is 70.5 Å². The Morgan fingerprint density at radius 3 is 2.37 bits per heavy atom. The number of carbonyl (C=O) groups is 2. The first kappa shape index (κ1) is 23.8. The van der Waals surface area contributed by atoms with Gasteiger partial charge in [0.2, 0.25) is 11.8 Å². The minimum Gasteiger partial charge on any atom is -0.382 e. The molecule has 2 aromatic carbocycles. The zero-order valence-electron chi connectivity index (χ0n) is 17.4. The zero-order chi connectivity index (χ0) is 21.9. The lowest BCUT2D eigenvalue weighted by molar-refractivity contribution is -0.140. The highest BCUT2D eigenvalue weighted by Gasteiger charge is 2.26. The van der Waals surface area contributed by atoms with Gasteiger partial charge in [-0.2, -0.15) is 0 Å². The average Bonchev–Trinajstić information content (AvgIpc) is 2.74. The van der Waals surface area contributed by atoms with Crippen LogP contribution in [0, 0.1) is 5.82 Å². The summed E-state index contributed by atoms with van der Waals surface area (Å²) in [6, 6.07) is 12.3. The summed E-state index contributed by atoms with van der Waals surface area (Å²) in [5.74, 6) is -0.783. The van der Waals surface area contributed by atoms with Gasteiger partial charge in [-0.15, -0.1) is 0 Å². The maximum Gasteiger partial charge on any atom is 0.242 e. The number of carbonyl (C=O) groups excluding carboxylic acids is 2. The van der Waals surface area contributed by atoms with Crippen molar-refractivity contribution in [3.63, 3.8) is 0 Å². The molecule has 0 saturated heterocycles. The monoisotopic (exact) mass is 434 g/mol. The highest BCUT2D eigenvalue weighted by atomic mass is 35.5. The Hall–Kier alpha value is -2.44. The van der Waals surface area contributed by atoms with Gasteiger partial charge in [-0.1, -0.05) is 35.9 Å². The predicted octanol–water partition coefficient (Wildman–Crippen LogP) is 3.98. The van der Waals surface area contributed by atoms with Crippen molar-refractivity contribution in [2.75, 3.05) is 19.8 Å². The van der Waals surface area contributed by atoms with Crippen molar-refractivity contribution in [1.82, 2.24) is 10.2 Å². The first-order chi connectivity index (χ1) is 14.4. The fourth-order valence-electron chi connectivity index (χ4n) is 2.93. The van der Waals surface area contributed by atoms with Crippen LogP contribution in [0.3, 0.4) is 0 Å². The molecule has 1 unspecified atom stereocenters. The van der Waals surface area contributed by atoms with Gasteiger partial charge in [0.1, 0.15) is 11.9 Å². The highest BCUT2D eigenvalue weighted by Crippen LogP contribution is 2.15. The van der Waals surface area contributed by atoms with E-state index in [1.807, 2.05) is 6.92 Å². The maximum atomic E-state index is 13.3. The molecule has 0 aromatic heterocycles. The predicted molar refractivity (Wildman–Crippen MR) is 116 cm³/mol. The van der Waals surface area contributed by atoms with E-state index < -0.39 is 6.04 Å². The molecule has 2 rings (SSSR count). The molecule has 1 N–H and O–H groups in total. The summed E-state index contributed by atoms with van der Waals surface area (Å²) in [4.78, 5) is 27.2. The SMILES string of the molecule is CCOCCCNC(=O)C(C)N(Cc1ccc(F)cc1)C(=O)Cc1ccc(Cl)cc1. The number of halogens is 2. The minimum atomic E-state index is -0.679. The van der Waals surface area contributed by atoms with E-state index in [1.54, 1.807) is 43.3 Å². The van der Waals surface area contributed by atoms with Crippen LogP contribution in [0.2, 0.25) is 5.02 Å². The van der Waals surface area contributed by atoms with Gasteiger partial charge in [-0.05, 0) is 55.7 Å². The van der Waals surface area contributed by atoms with Crippen molar-refractivity contribution in [2.45, 2.75) is 39.3 Å². The maximum absolute atomic E-state index is 13.3. The third kappa shape index (κ3) is 7.76. The van der Waals surface area contributed by atoms with Crippen LogP contribution >= 0.6 is 11.6 Å². The number of hydrogen-bond acceptors (Lipinski definition) is 3. The van der Waals surface area contributed by atoms with E-state index >= 15 is 0 Å². The Bertz CT molecular complexity index is 812. The Morgan fingerprint density at radius 2 is 1.73 bits per heavy atom. The molecule has 0 radical (unpaired) electrons. The molecule has 0 fully saturated rings. The lowest BCUT2D eigenvalue weighted by atomic mass is 10.1. The lowest BCUT2D eigenvalue weighted by Gasteiger charge is -2.29. The molecule has 1 atom stereocenters. The Balaban J connectivity index is 2.08. The van der Waals surface area contributed by atoms with Crippen molar-refractivity contribution < 1.29 is 18.7 Å². The number of rotatable bonds is 11. The molecule has 2 amide bonds. The largest absolute Gasteiger partial charge is 0.382 e. The first-order valence-corrected chi connectivity index (χ1v) is 10.4. The summed E-state index contributed by atoms with van der Waals surface area (Å²) in [5.41, 5.74) is 1.55. The number of nitrogens with zero attached hydrogens (tertiary/aromatic N) is 1. The molecular weight excluding hydrogens is 407 g/mol. The fourth-order valence-corrected chi connectivity index (χ4v) is 3.05. The van der Waals surface area contributed by atoms with E-state index in [0.29, 0.717) is 31.2 Å². The first-order valence-electron chi connectivity index (χ1n) is 10.0. The molecule has 0 aliphatic carbocycles.